The number of aliphatic hydroxyl groups excluding tert-OH is 1. The summed E-state index contributed by atoms with van der Waals surface area (Å²) in [7, 11) is 0. The van der Waals surface area contributed by atoms with Gasteiger partial charge >= 0.3 is 0 Å². The van der Waals surface area contributed by atoms with E-state index in [1.807, 2.05) is 19.1 Å². The van der Waals surface area contributed by atoms with Crippen LogP contribution in [0.4, 0.5) is 0 Å². The topological polar surface area (TPSA) is 71.5 Å². The number of aliphatic hydroxyl groups is 1. The highest BCUT2D eigenvalue weighted by atomic mass is 16.5. The molecule has 2 fully saturated rings. The fraction of sp³-hybridized carbons (Fsp3) is 0.640. The lowest BCUT2D eigenvalue weighted by atomic mass is 9.92. The standard InChI is InChI=1S/C25H38N2O5/c1-18(2)22-14-23(25(29)20(4)15-26-5-9-30-10-6-26)19(3)13-24(22)32-17-21(28)16-27-7-11-31-12-8-27/h13-14,18,21,28H,4-12,15-17H2,1-3H3. The molecule has 2 heterocycles. The van der Waals surface area contributed by atoms with Gasteiger partial charge in [-0.1, -0.05) is 20.4 Å². The lowest BCUT2D eigenvalue weighted by Gasteiger charge is -2.28. The number of benzene rings is 1. The molecule has 3 rings (SSSR count). The van der Waals surface area contributed by atoms with Crippen LogP contribution < -0.4 is 4.74 Å². The minimum Gasteiger partial charge on any atom is -0.491 e. The first-order chi connectivity index (χ1) is 15.3. The highest BCUT2D eigenvalue weighted by Gasteiger charge is 2.22. The van der Waals surface area contributed by atoms with Crippen molar-refractivity contribution in [2.75, 3.05) is 72.3 Å². The van der Waals surface area contributed by atoms with Gasteiger partial charge in [0.25, 0.3) is 0 Å². The highest BCUT2D eigenvalue weighted by molar-refractivity contribution is 6.09. The molecule has 0 saturated carbocycles. The number of hydrogen-bond donors (Lipinski definition) is 1. The van der Waals surface area contributed by atoms with Crippen molar-refractivity contribution in [1.29, 1.82) is 0 Å². The lowest BCUT2D eigenvalue weighted by molar-refractivity contribution is 0.00454. The van der Waals surface area contributed by atoms with Gasteiger partial charge in [0.1, 0.15) is 18.5 Å². The molecular formula is C25H38N2O5. The van der Waals surface area contributed by atoms with Crippen LogP contribution in [0.25, 0.3) is 0 Å². The number of carbonyl (C=O) groups is 1. The molecule has 0 amide bonds. The fourth-order valence-electron chi connectivity index (χ4n) is 4.13. The second kappa shape index (κ2) is 11.9. The molecule has 2 saturated heterocycles. The van der Waals surface area contributed by atoms with Crippen molar-refractivity contribution in [1.82, 2.24) is 9.80 Å². The van der Waals surface area contributed by atoms with E-state index in [2.05, 4.69) is 30.2 Å². The summed E-state index contributed by atoms with van der Waals surface area (Å²) in [6, 6.07) is 3.86. The summed E-state index contributed by atoms with van der Waals surface area (Å²) in [5.41, 5.74) is 3.10. The molecule has 0 aromatic heterocycles. The Kier molecular flexibility index (Phi) is 9.25. The molecule has 1 atom stereocenters. The smallest absolute Gasteiger partial charge is 0.189 e. The first-order valence-corrected chi connectivity index (χ1v) is 11.6. The molecule has 1 unspecified atom stereocenters. The predicted octanol–water partition coefficient (Wildman–Crippen LogP) is 2.26. The molecule has 2 aliphatic heterocycles. The molecule has 0 spiro atoms. The molecule has 0 radical (unpaired) electrons. The third-order valence-electron chi connectivity index (χ3n) is 6.07. The van der Waals surface area contributed by atoms with Gasteiger partial charge in [0.05, 0.1) is 26.4 Å². The van der Waals surface area contributed by atoms with Crippen LogP contribution in [0.2, 0.25) is 0 Å². The van der Waals surface area contributed by atoms with Crippen molar-refractivity contribution in [2.24, 2.45) is 0 Å². The minimum atomic E-state index is -0.581. The van der Waals surface area contributed by atoms with E-state index in [-0.39, 0.29) is 18.3 Å². The summed E-state index contributed by atoms with van der Waals surface area (Å²) in [6.45, 7) is 17.6. The third-order valence-corrected chi connectivity index (χ3v) is 6.07. The highest BCUT2D eigenvalue weighted by Crippen LogP contribution is 2.31. The van der Waals surface area contributed by atoms with Gasteiger partial charge in [0.15, 0.2) is 5.78 Å². The SMILES string of the molecule is C=C(CN1CCOCC1)C(=O)c1cc(C(C)C)c(OCC(O)CN2CCOCC2)cc1C. The second-order valence-electron chi connectivity index (χ2n) is 9.06. The molecule has 7 nitrogen and oxygen atoms in total. The Morgan fingerprint density at radius 3 is 2.28 bits per heavy atom. The van der Waals surface area contributed by atoms with Gasteiger partial charge in [-0.15, -0.1) is 0 Å². The van der Waals surface area contributed by atoms with Crippen LogP contribution in [-0.4, -0.2) is 99.1 Å². The molecule has 1 aromatic carbocycles. The van der Waals surface area contributed by atoms with Gasteiger partial charge in [-0.3, -0.25) is 14.6 Å². The minimum absolute atomic E-state index is 0.0187. The van der Waals surface area contributed by atoms with Crippen LogP contribution in [0.15, 0.2) is 24.3 Å². The molecule has 0 bridgehead atoms. The second-order valence-corrected chi connectivity index (χ2v) is 9.06. The zero-order chi connectivity index (χ0) is 23.1. The molecule has 178 valence electrons. The van der Waals surface area contributed by atoms with E-state index >= 15 is 0 Å². The average molecular weight is 447 g/mol. The number of carbonyl (C=O) groups excluding carboxylic acids is 1. The van der Waals surface area contributed by atoms with Gasteiger partial charge in [-0.2, -0.15) is 0 Å². The third kappa shape index (κ3) is 6.86. The van der Waals surface area contributed by atoms with Crippen LogP contribution >= 0.6 is 0 Å². The summed E-state index contributed by atoms with van der Waals surface area (Å²) in [5.74, 6) is 0.893. The number of ether oxygens (including phenoxy) is 3. The summed E-state index contributed by atoms with van der Waals surface area (Å²) in [4.78, 5) is 17.6. The van der Waals surface area contributed by atoms with E-state index in [1.54, 1.807) is 0 Å². The molecule has 32 heavy (non-hydrogen) atoms. The number of rotatable bonds is 10. The first-order valence-electron chi connectivity index (χ1n) is 11.6. The Morgan fingerprint density at radius 1 is 1.09 bits per heavy atom. The Balaban J connectivity index is 1.65. The van der Waals surface area contributed by atoms with Crippen LogP contribution in [0.1, 0.15) is 41.3 Å². The van der Waals surface area contributed by atoms with Crippen molar-refractivity contribution in [3.8, 4) is 5.75 Å². The molecule has 1 aromatic rings. The van der Waals surface area contributed by atoms with E-state index in [4.69, 9.17) is 14.2 Å². The van der Waals surface area contributed by atoms with Gasteiger partial charge in [0.2, 0.25) is 0 Å². The number of β-amino-alcohol motifs (C(OH)–C–C–N with tert-alkyl or cyclic N) is 1. The van der Waals surface area contributed by atoms with Gasteiger partial charge < -0.3 is 19.3 Å². The number of ketones is 1. The number of Topliss-reactive ketones (excluding diaryl/α,β-unsaturated/α-hetero) is 1. The normalized spacial score (nSPS) is 19.2. The number of aryl methyl sites for hydroxylation is 1. The molecular weight excluding hydrogens is 408 g/mol. The monoisotopic (exact) mass is 446 g/mol. The summed E-state index contributed by atoms with van der Waals surface area (Å²) < 4.78 is 16.8. The Hall–Kier alpha value is -1.77. The van der Waals surface area contributed by atoms with Crippen LogP contribution in [0.5, 0.6) is 5.75 Å². The largest absolute Gasteiger partial charge is 0.491 e. The van der Waals surface area contributed by atoms with E-state index in [9.17, 15) is 9.90 Å². The number of morpholine rings is 2. The molecule has 1 N–H and O–H groups in total. The Bertz CT molecular complexity index is 783. The first kappa shape index (κ1) is 24.9. The molecule has 7 heteroatoms. The van der Waals surface area contributed by atoms with Gasteiger partial charge in [0, 0.05) is 50.4 Å². The maximum absolute atomic E-state index is 13.2. The van der Waals surface area contributed by atoms with Gasteiger partial charge in [-0.25, -0.2) is 0 Å². The summed E-state index contributed by atoms with van der Waals surface area (Å²) in [6.07, 6.45) is -0.581. The van der Waals surface area contributed by atoms with Crippen molar-refractivity contribution in [3.05, 3.63) is 41.0 Å². The maximum Gasteiger partial charge on any atom is 0.189 e. The van der Waals surface area contributed by atoms with E-state index in [1.165, 1.54) is 0 Å². The predicted molar refractivity (Wildman–Crippen MR) is 125 cm³/mol. The zero-order valence-corrected chi connectivity index (χ0v) is 19.8. The fourth-order valence-corrected chi connectivity index (χ4v) is 4.13. The van der Waals surface area contributed by atoms with E-state index in [0.717, 1.165) is 43.1 Å². The molecule has 0 aliphatic carbocycles. The maximum atomic E-state index is 13.2. The van der Waals surface area contributed by atoms with Crippen molar-refractivity contribution < 1.29 is 24.1 Å². The Morgan fingerprint density at radius 2 is 1.69 bits per heavy atom. The summed E-state index contributed by atoms with van der Waals surface area (Å²) >= 11 is 0. The molecule has 2 aliphatic rings. The lowest BCUT2D eigenvalue weighted by Crippen LogP contribution is -2.42. The quantitative estimate of drug-likeness (QED) is 0.437. The van der Waals surface area contributed by atoms with E-state index < -0.39 is 6.10 Å². The van der Waals surface area contributed by atoms with Crippen molar-refractivity contribution in [3.63, 3.8) is 0 Å². The van der Waals surface area contributed by atoms with Crippen molar-refractivity contribution in [2.45, 2.75) is 32.8 Å². The number of hydrogen-bond acceptors (Lipinski definition) is 7. The van der Waals surface area contributed by atoms with Crippen LogP contribution in [0, 0.1) is 6.92 Å². The zero-order valence-electron chi connectivity index (χ0n) is 19.8. The van der Waals surface area contributed by atoms with E-state index in [0.29, 0.717) is 50.7 Å². The van der Waals surface area contributed by atoms with Crippen LogP contribution in [-0.2, 0) is 9.47 Å². The Labute approximate surface area is 191 Å². The van der Waals surface area contributed by atoms with Gasteiger partial charge in [-0.05, 0) is 36.1 Å². The van der Waals surface area contributed by atoms with Crippen LogP contribution in [0.3, 0.4) is 0 Å². The van der Waals surface area contributed by atoms with Crippen molar-refractivity contribution >= 4 is 5.78 Å². The summed E-state index contributed by atoms with van der Waals surface area (Å²) in [5, 5.41) is 10.4. The average Bonchev–Trinajstić information content (AvgIpc) is 2.78. The number of nitrogens with zero attached hydrogens (tertiary/aromatic N) is 2.